The van der Waals surface area contributed by atoms with Crippen LogP contribution in [-0.4, -0.2) is 18.5 Å². The minimum absolute atomic E-state index is 0.0896. The molecule has 6 heteroatoms. The van der Waals surface area contributed by atoms with Crippen LogP contribution < -0.4 is 5.32 Å². The lowest BCUT2D eigenvalue weighted by Crippen LogP contribution is -2.13. The first kappa shape index (κ1) is 15.7. The largest absolute Gasteiger partial charge is 0.462 e. The number of hydrogen-bond acceptors (Lipinski definition) is 4. The van der Waals surface area contributed by atoms with E-state index in [2.05, 4.69) is 21.2 Å². The van der Waals surface area contributed by atoms with E-state index in [1.54, 1.807) is 31.2 Å². The lowest BCUT2D eigenvalue weighted by atomic mass is 10.1. The van der Waals surface area contributed by atoms with Crippen LogP contribution in [0.1, 0.15) is 22.8 Å². The van der Waals surface area contributed by atoms with Crippen LogP contribution in [0.15, 0.2) is 40.2 Å². The van der Waals surface area contributed by atoms with Gasteiger partial charge in [-0.2, -0.15) is 0 Å². The molecule has 1 N–H and O–H groups in total. The highest BCUT2D eigenvalue weighted by molar-refractivity contribution is 9.10. The molecule has 2 aromatic rings. The fraction of sp³-hybridized carbons (Fsp3) is 0.200. The molecule has 1 aromatic heterocycles. The van der Waals surface area contributed by atoms with Crippen molar-refractivity contribution in [1.82, 2.24) is 0 Å². The van der Waals surface area contributed by atoms with Gasteiger partial charge in [0.2, 0.25) is 5.91 Å². The van der Waals surface area contributed by atoms with Gasteiger partial charge in [-0.3, -0.25) is 4.79 Å². The van der Waals surface area contributed by atoms with Crippen molar-refractivity contribution in [2.75, 3.05) is 11.9 Å². The highest BCUT2D eigenvalue weighted by Crippen LogP contribution is 2.24. The summed E-state index contributed by atoms with van der Waals surface area (Å²) >= 11 is 4.80. The highest BCUT2D eigenvalue weighted by atomic mass is 79.9. The van der Waals surface area contributed by atoms with Crippen LogP contribution >= 0.6 is 27.3 Å². The van der Waals surface area contributed by atoms with Crippen molar-refractivity contribution < 1.29 is 14.3 Å². The summed E-state index contributed by atoms with van der Waals surface area (Å²) in [7, 11) is 0. The Morgan fingerprint density at radius 2 is 2.00 bits per heavy atom. The summed E-state index contributed by atoms with van der Waals surface area (Å²) in [6, 6.07) is 8.71. The van der Waals surface area contributed by atoms with Gasteiger partial charge in [0.1, 0.15) is 0 Å². The second-order valence-electron chi connectivity index (χ2n) is 4.27. The third kappa shape index (κ3) is 4.68. The van der Waals surface area contributed by atoms with Gasteiger partial charge >= 0.3 is 5.97 Å². The predicted molar refractivity (Wildman–Crippen MR) is 86.8 cm³/mol. The molecule has 0 aliphatic carbocycles. The van der Waals surface area contributed by atoms with E-state index in [4.69, 9.17) is 4.74 Å². The first-order chi connectivity index (χ1) is 10.1. The highest BCUT2D eigenvalue weighted by Gasteiger charge is 2.08. The van der Waals surface area contributed by atoms with Crippen molar-refractivity contribution in [3.63, 3.8) is 0 Å². The van der Waals surface area contributed by atoms with Crippen LogP contribution in [0.4, 0.5) is 5.00 Å². The maximum atomic E-state index is 11.9. The topological polar surface area (TPSA) is 55.4 Å². The molecule has 4 nitrogen and oxygen atoms in total. The van der Waals surface area contributed by atoms with Gasteiger partial charge in [-0.15, -0.1) is 11.3 Å². The molecule has 0 saturated carbocycles. The fourth-order valence-corrected chi connectivity index (χ4v) is 3.05. The van der Waals surface area contributed by atoms with E-state index in [-0.39, 0.29) is 18.3 Å². The van der Waals surface area contributed by atoms with Gasteiger partial charge in [-0.05, 0) is 46.6 Å². The predicted octanol–water partition coefficient (Wildman–Crippen LogP) is 3.87. The number of rotatable bonds is 5. The summed E-state index contributed by atoms with van der Waals surface area (Å²) in [4.78, 5) is 23.4. The van der Waals surface area contributed by atoms with E-state index in [0.717, 1.165) is 15.0 Å². The Kier molecular flexibility index (Phi) is 5.52. The molecule has 1 heterocycles. The minimum atomic E-state index is -0.350. The van der Waals surface area contributed by atoms with Crippen LogP contribution in [0.5, 0.6) is 0 Å². The first-order valence-corrected chi connectivity index (χ1v) is 8.05. The summed E-state index contributed by atoms with van der Waals surface area (Å²) in [5.41, 5.74) is 1.33. The van der Waals surface area contributed by atoms with E-state index < -0.39 is 0 Å². The zero-order chi connectivity index (χ0) is 15.2. The minimum Gasteiger partial charge on any atom is -0.462 e. The number of ether oxygens (including phenoxy) is 1. The van der Waals surface area contributed by atoms with Gasteiger partial charge in [0.25, 0.3) is 0 Å². The van der Waals surface area contributed by atoms with Crippen molar-refractivity contribution in [2.24, 2.45) is 0 Å². The third-order valence-corrected chi connectivity index (χ3v) is 4.27. The van der Waals surface area contributed by atoms with Crippen LogP contribution in [0.25, 0.3) is 0 Å². The fourth-order valence-electron chi connectivity index (χ4n) is 1.72. The average molecular weight is 368 g/mol. The molecule has 0 bridgehead atoms. The Morgan fingerprint density at radius 3 is 2.57 bits per heavy atom. The number of carbonyl (C=O) groups is 2. The molecule has 0 spiro atoms. The van der Waals surface area contributed by atoms with Crippen LogP contribution in [0, 0.1) is 0 Å². The Balaban J connectivity index is 1.93. The number of halogens is 1. The van der Waals surface area contributed by atoms with Gasteiger partial charge in [-0.1, -0.05) is 12.1 Å². The quantitative estimate of drug-likeness (QED) is 0.816. The summed E-state index contributed by atoms with van der Waals surface area (Å²) in [5.74, 6) is -0.440. The Labute approximate surface area is 135 Å². The SMILES string of the molecule is CCOC(=O)c1ccc(CC(=O)Nc2cc(Br)cs2)cc1. The molecule has 110 valence electrons. The molecule has 1 amide bonds. The molecule has 0 fully saturated rings. The maximum absolute atomic E-state index is 11.9. The van der Waals surface area contributed by atoms with E-state index in [9.17, 15) is 9.59 Å². The van der Waals surface area contributed by atoms with Gasteiger partial charge in [0, 0.05) is 9.85 Å². The zero-order valence-corrected chi connectivity index (χ0v) is 13.8. The molecule has 0 saturated heterocycles. The molecule has 2 rings (SSSR count). The number of esters is 1. The van der Waals surface area contributed by atoms with Crippen molar-refractivity contribution in [1.29, 1.82) is 0 Å². The van der Waals surface area contributed by atoms with E-state index in [1.165, 1.54) is 11.3 Å². The summed E-state index contributed by atoms with van der Waals surface area (Å²) < 4.78 is 5.85. The Hall–Kier alpha value is -1.66. The molecular weight excluding hydrogens is 354 g/mol. The van der Waals surface area contributed by atoms with Crippen LogP contribution in [0.2, 0.25) is 0 Å². The second-order valence-corrected chi connectivity index (χ2v) is 6.10. The van der Waals surface area contributed by atoms with E-state index in [1.807, 2.05) is 11.4 Å². The van der Waals surface area contributed by atoms with Crippen molar-refractivity contribution in [2.45, 2.75) is 13.3 Å². The van der Waals surface area contributed by atoms with Crippen molar-refractivity contribution in [3.05, 3.63) is 51.3 Å². The lowest BCUT2D eigenvalue weighted by Gasteiger charge is -2.05. The number of nitrogens with one attached hydrogen (secondary N) is 1. The van der Waals surface area contributed by atoms with Crippen molar-refractivity contribution in [3.8, 4) is 0 Å². The third-order valence-electron chi connectivity index (χ3n) is 2.66. The molecule has 0 aliphatic rings. The number of hydrogen-bond donors (Lipinski definition) is 1. The molecule has 0 unspecified atom stereocenters. The number of amides is 1. The zero-order valence-electron chi connectivity index (χ0n) is 11.4. The molecule has 1 aromatic carbocycles. The average Bonchev–Trinajstić information content (AvgIpc) is 2.85. The van der Waals surface area contributed by atoms with Gasteiger partial charge in [0.05, 0.1) is 23.6 Å². The number of anilines is 1. The van der Waals surface area contributed by atoms with Crippen LogP contribution in [0.3, 0.4) is 0 Å². The normalized spacial score (nSPS) is 10.2. The molecule has 21 heavy (non-hydrogen) atoms. The van der Waals surface area contributed by atoms with E-state index in [0.29, 0.717) is 12.2 Å². The summed E-state index contributed by atoms with van der Waals surface area (Å²) in [6.07, 6.45) is 0.263. The van der Waals surface area contributed by atoms with Gasteiger partial charge in [-0.25, -0.2) is 4.79 Å². The van der Waals surface area contributed by atoms with Gasteiger partial charge < -0.3 is 10.1 Å². The summed E-state index contributed by atoms with van der Waals surface area (Å²) in [5, 5.41) is 5.53. The molecular formula is C15H14BrNO3S. The summed E-state index contributed by atoms with van der Waals surface area (Å²) in [6.45, 7) is 2.11. The van der Waals surface area contributed by atoms with Gasteiger partial charge in [0.15, 0.2) is 0 Å². The maximum Gasteiger partial charge on any atom is 0.338 e. The van der Waals surface area contributed by atoms with Crippen LogP contribution in [-0.2, 0) is 16.0 Å². The first-order valence-electron chi connectivity index (χ1n) is 6.38. The van der Waals surface area contributed by atoms with Crippen molar-refractivity contribution >= 4 is 44.1 Å². The second kappa shape index (κ2) is 7.38. The molecule has 0 atom stereocenters. The monoisotopic (exact) mass is 367 g/mol. The number of thiophene rings is 1. The van der Waals surface area contributed by atoms with E-state index >= 15 is 0 Å². The Morgan fingerprint density at radius 1 is 1.29 bits per heavy atom. The molecule has 0 aliphatic heterocycles. The number of carbonyl (C=O) groups excluding carboxylic acids is 2. The Bertz CT molecular complexity index is 637. The lowest BCUT2D eigenvalue weighted by molar-refractivity contribution is -0.115. The molecule has 0 radical (unpaired) electrons. The smallest absolute Gasteiger partial charge is 0.338 e. The number of benzene rings is 1. The standard InChI is InChI=1S/C15H14BrNO3S/c1-2-20-15(19)11-5-3-10(4-6-11)7-13(18)17-14-8-12(16)9-21-14/h3-6,8-9H,2,7H2,1H3,(H,17,18).